The molecule has 0 aliphatic rings. The second-order valence-corrected chi connectivity index (χ2v) is 7.39. The molecule has 1 heterocycles. The lowest BCUT2D eigenvalue weighted by Crippen LogP contribution is -2.17. The average molecular weight is 448 g/mol. The van der Waals surface area contributed by atoms with E-state index in [9.17, 15) is 4.79 Å². The molecule has 3 aromatic rings. The summed E-state index contributed by atoms with van der Waals surface area (Å²) in [5.74, 6) is 2.19. The Labute approximate surface area is 194 Å². The lowest BCUT2D eigenvalue weighted by molar-refractivity contribution is 0.0955. The zero-order chi connectivity index (χ0) is 23.5. The van der Waals surface area contributed by atoms with Gasteiger partial charge in [-0.25, -0.2) is 5.43 Å². The van der Waals surface area contributed by atoms with Crippen molar-refractivity contribution in [2.24, 2.45) is 5.10 Å². The van der Waals surface area contributed by atoms with Gasteiger partial charge in [0.2, 0.25) is 0 Å². The van der Waals surface area contributed by atoms with Gasteiger partial charge in [-0.1, -0.05) is 32.0 Å². The van der Waals surface area contributed by atoms with Crippen molar-refractivity contribution in [1.82, 2.24) is 10.4 Å². The van der Waals surface area contributed by atoms with E-state index in [1.807, 2.05) is 24.3 Å². The van der Waals surface area contributed by atoms with Crippen molar-refractivity contribution in [3.8, 4) is 17.2 Å². The molecule has 2 aromatic carbocycles. The van der Waals surface area contributed by atoms with Gasteiger partial charge >= 0.3 is 0 Å². The number of methoxy groups -OCH3 is 1. The first-order valence-corrected chi connectivity index (χ1v) is 10.9. The number of amides is 1. The van der Waals surface area contributed by atoms with Gasteiger partial charge in [0.1, 0.15) is 19.0 Å². The summed E-state index contributed by atoms with van der Waals surface area (Å²) in [6.45, 7) is 5.15. The van der Waals surface area contributed by atoms with Crippen molar-refractivity contribution >= 4 is 12.1 Å². The van der Waals surface area contributed by atoms with Crippen molar-refractivity contribution in [2.75, 3.05) is 20.3 Å². The number of ether oxygens (including phenoxy) is 3. The van der Waals surface area contributed by atoms with Crippen LogP contribution in [0.4, 0.5) is 0 Å². The van der Waals surface area contributed by atoms with Crippen LogP contribution in [0.5, 0.6) is 17.2 Å². The van der Waals surface area contributed by atoms with Gasteiger partial charge < -0.3 is 14.2 Å². The first-order valence-electron chi connectivity index (χ1n) is 10.9. The number of carbonyl (C=O) groups excluding carboxylic acids is 1. The van der Waals surface area contributed by atoms with Crippen molar-refractivity contribution in [2.45, 2.75) is 26.2 Å². The zero-order valence-electron chi connectivity index (χ0n) is 19.2. The van der Waals surface area contributed by atoms with E-state index in [0.29, 0.717) is 36.2 Å². The number of pyridine rings is 1. The molecular weight excluding hydrogens is 418 g/mol. The summed E-state index contributed by atoms with van der Waals surface area (Å²) in [7, 11) is 1.58. The largest absolute Gasteiger partial charge is 0.493 e. The number of benzene rings is 2. The fourth-order valence-electron chi connectivity index (χ4n) is 3.16. The molecule has 0 bridgehead atoms. The van der Waals surface area contributed by atoms with E-state index in [1.165, 1.54) is 5.56 Å². The highest BCUT2D eigenvalue weighted by atomic mass is 16.5. The van der Waals surface area contributed by atoms with Gasteiger partial charge in [0.15, 0.2) is 11.5 Å². The molecule has 0 radical (unpaired) electrons. The van der Waals surface area contributed by atoms with Crippen LogP contribution in [0.1, 0.15) is 47.7 Å². The predicted octanol–water partition coefficient (Wildman–Crippen LogP) is 4.83. The topological polar surface area (TPSA) is 82.0 Å². The molecular formula is C26H29N3O4. The van der Waals surface area contributed by atoms with E-state index in [4.69, 9.17) is 14.2 Å². The second-order valence-electron chi connectivity index (χ2n) is 7.39. The summed E-state index contributed by atoms with van der Waals surface area (Å²) in [5, 5.41) is 4.00. The van der Waals surface area contributed by atoms with E-state index >= 15 is 0 Å². The number of carbonyl (C=O) groups is 1. The Balaban J connectivity index is 1.53. The summed E-state index contributed by atoms with van der Waals surface area (Å²) >= 11 is 0. The van der Waals surface area contributed by atoms with Gasteiger partial charge in [-0.05, 0) is 59.9 Å². The Hall–Kier alpha value is -3.87. The number of hydrogen-bond acceptors (Lipinski definition) is 6. The average Bonchev–Trinajstić information content (AvgIpc) is 2.87. The maximum atomic E-state index is 12.0. The molecule has 3 rings (SSSR count). The standard InChI is InChI=1S/C26H29N3O4/c1-4-19(2)22-7-5-6-8-23(22)32-15-16-33-24-10-9-20(17-25(24)31-3)18-28-29-26(30)21-11-13-27-14-12-21/h5-14,17-19H,4,15-16H2,1-3H3,(H,29,30)/b28-18-/t19-/m0/s1. The van der Waals surface area contributed by atoms with Crippen LogP contribution in [-0.2, 0) is 0 Å². The molecule has 0 spiro atoms. The first kappa shape index (κ1) is 23.8. The number of nitrogens with zero attached hydrogens (tertiary/aromatic N) is 2. The van der Waals surface area contributed by atoms with E-state index in [2.05, 4.69) is 35.4 Å². The molecule has 172 valence electrons. The van der Waals surface area contributed by atoms with Crippen LogP contribution in [0.3, 0.4) is 0 Å². The summed E-state index contributed by atoms with van der Waals surface area (Å²) in [5.41, 5.74) is 4.93. The van der Waals surface area contributed by atoms with Crippen molar-refractivity contribution < 1.29 is 19.0 Å². The lowest BCUT2D eigenvalue weighted by atomic mass is 9.98. The maximum absolute atomic E-state index is 12.0. The highest BCUT2D eigenvalue weighted by Gasteiger charge is 2.10. The molecule has 0 unspecified atom stereocenters. The molecule has 0 aliphatic heterocycles. The van der Waals surface area contributed by atoms with Crippen LogP contribution in [0.2, 0.25) is 0 Å². The molecule has 7 heteroatoms. The highest BCUT2D eigenvalue weighted by Crippen LogP contribution is 2.29. The lowest BCUT2D eigenvalue weighted by Gasteiger charge is -2.16. The zero-order valence-corrected chi connectivity index (χ0v) is 19.2. The van der Waals surface area contributed by atoms with E-state index in [1.54, 1.807) is 50.0 Å². The van der Waals surface area contributed by atoms with Crippen LogP contribution in [0, 0.1) is 0 Å². The smallest absolute Gasteiger partial charge is 0.271 e. The van der Waals surface area contributed by atoms with Gasteiger partial charge in [0.25, 0.3) is 5.91 Å². The highest BCUT2D eigenvalue weighted by molar-refractivity contribution is 5.94. The molecule has 33 heavy (non-hydrogen) atoms. The first-order chi connectivity index (χ1) is 16.1. The summed E-state index contributed by atoms with van der Waals surface area (Å²) in [4.78, 5) is 15.9. The van der Waals surface area contributed by atoms with Crippen molar-refractivity contribution in [1.29, 1.82) is 0 Å². The third-order valence-corrected chi connectivity index (χ3v) is 5.17. The molecule has 1 N–H and O–H groups in total. The number of hydrogen-bond donors (Lipinski definition) is 1. The summed E-state index contributed by atoms with van der Waals surface area (Å²) < 4.78 is 17.3. The molecule has 0 aliphatic carbocycles. The fraction of sp³-hybridized carbons (Fsp3) is 0.269. The number of para-hydroxylation sites is 1. The van der Waals surface area contributed by atoms with Gasteiger partial charge in [-0.15, -0.1) is 0 Å². The van der Waals surface area contributed by atoms with Crippen LogP contribution < -0.4 is 19.6 Å². The molecule has 0 fully saturated rings. The molecule has 1 aromatic heterocycles. The van der Waals surface area contributed by atoms with Crippen LogP contribution in [0.25, 0.3) is 0 Å². The number of hydrazone groups is 1. The Bertz CT molecular complexity index is 1070. The Morgan fingerprint density at radius 3 is 2.48 bits per heavy atom. The summed E-state index contributed by atoms with van der Waals surface area (Å²) in [6, 6.07) is 16.8. The van der Waals surface area contributed by atoms with Crippen molar-refractivity contribution in [3.05, 3.63) is 83.7 Å². The third-order valence-electron chi connectivity index (χ3n) is 5.17. The normalized spacial score (nSPS) is 11.7. The van der Waals surface area contributed by atoms with Gasteiger partial charge in [0.05, 0.1) is 13.3 Å². The molecule has 0 saturated heterocycles. The van der Waals surface area contributed by atoms with Gasteiger partial charge in [-0.3, -0.25) is 9.78 Å². The van der Waals surface area contributed by atoms with Gasteiger partial charge in [0, 0.05) is 18.0 Å². The number of rotatable bonds is 11. The molecule has 1 amide bonds. The van der Waals surface area contributed by atoms with Crippen molar-refractivity contribution in [3.63, 3.8) is 0 Å². The Morgan fingerprint density at radius 2 is 1.76 bits per heavy atom. The molecule has 1 atom stereocenters. The van der Waals surface area contributed by atoms with Gasteiger partial charge in [-0.2, -0.15) is 5.10 Å². The minimum Gasteiger partial charge on any atom is -0.493 e. The number of aromatic nitrogens is 1. The molecule has 7 nitrogen and oxygen atoms in total. The van der Waals surface area contributed by atoms with Crippen LogP contribution >= 0.6 is 0 Å². The minimum atomic E-state index is -0.310. The predicted molar refractivity (Wildman–Crippen MR) is 128 cm³/mol. The quantitative estimate of drug-likeness (QED) is 0.259. The number of nitrogens with one attached hydrogen (secondary N) is 1. The SMILES string of the molecule is CC[C@H](C)c1ccccc1OCCOc1ccc(/C=N\NC(=O)c2ccncc2)cc1OC. The minimum absolute atomic E-state index is 0.310. The van der Waals surface area contributed by atoms with E-state index < -0.39 is 0 Å². The van der Waals surface area contributed by atoms with Crippen LogP contribution in [-0.4, -0.2) is 37.4 Å². The Kier molecular flexibility index (Phi) is 8.82. The second kappa shape index (κ2) is 12.2. The summed E-state index contributed by atoms with van der Waals surface area (Å²) in [6.07, 6.45) is 5.70. The molecule has 0 saturated carbocycles. The monoisotopic (exact) mass is 447 g/mol. The van der Waals surface area contributed by atoms with E-state index in [-0.39, 0.29) is 5.91 Å². The Morgan fingerprint density at radius 1 is 1.03 bits per heavy atom. The maximum Gasteiger partial charge on any atom is 0.271 e. The fourth-order valence-corrected chi connectivity index (χ4v) is 3.16. The third kappa shape index (κ3) is 6.80. The van der Waals surface area contributed by atoms with E-state index in [0.717, 1.165) is 17.7 Å². The van der Waals surface area contributed by atoms with Crippen LogP contribution in [0.15, 0.2) is 72.1 Å².